The van der Waals surface area contributed by atoms with E-state index in [-0.39, 0.29) is 10.7 Å². The second-order valence-corrected chi connectivity index (χ2v) is 5.19. The van der Waals surface area contributed by atoms with Crippen molar-refractivity contribution in [1.82, 2.24) is 0 Å². The average molecular weight is 297 g/mol. The molecule has 1 aromatic carbocycles. The molecule has 0 aromatic heterocycles. The second kappa shape index (κ2) is 4.65. The van der Waals surface area contributed by atoms with E-state index in [2.05, 4.69) is 15.9 Å². The van der Waals surface area contributed by atoms with E-state index in [4.69, 9.17) is 4.74 Å². The first kappa shape index (κ1) is 12.4. The van der Waals surface area contributed by atoms with E-state index in [0.717, 1.165) is 5.56 Å². The molecule has 3 heteroatoms. The number of rotatable bonds is 2. The molecule has 1 nitrogen and oxygen atoms in total. The third kappa shape index (κ3) is 1.93. The van der Waals surface area contributed by atoms with Gasteiger partial charge in [-0.05, 0) is 19.1 Å². The summed E-state index contributed by atoms with van der Waals surface area (Å²) in [5, 5.41) is 0. The van der Waals surface area contributed by atoms with Crippen LogP contribution in [0, 0.1) is 0 Å². The maximum atomic E-state index is 14.2. The Bertz CT molecular complexity index is 481. The van der Waals surface area contributed by atoms with Crippen molar-refractivity contribution in [3.05, 3.63) is 53.9 Å². The first-order valence-corrected chi connectivity index (χ1v) is 6.34. The van der Waals surface area contributed by atoms with Gasteiger partial charge in [0.05, 0.1) is 12.5 Å². The van der Waals surface area contributed by atoms with E-state index in [0.29, 0.717) is 5.75 Å². The van der Waals surface area contributed by atoms with E-state index >= 15 is 0 Å². The first-order valence-electron chi connectivity index (χ1n) is 5.42. The Balaban J connectivity index is 2.58. The van der Waals surface area contributed by atoms with Crippen molar-refractivity contribution in [2.75, 3.05) is 7.11 Å². The summed E-state index contributed by atoms with van der Waals surface area (Å²) in [6.07, 6.45) is 5.17. The van der Waals surface area contributed by atoms with E-state index in [9.17, 15) is 4.39 Å². The number of benzene rings is 1. The minimum atomic E-state index is -0.721. The first-order chi connectivity index (χ1) is 8.10. The lowest BCUT2D eigenvalue weighted by Gasteiger charge is -2.34. The van der Waals surface area contributed by atoms with Gasteiger partial charge in [0.25, 0.3) is 0 Å². The molecule has 2 rings (SSSR count). The molecule has 0 aliphatic heterocycles. The molecule has 0 spiro atoms. The molecule has 90 valence electrons. The molecular weight excluding hydrogens is 283 g/mol. The van der Waals surface area contributed by atoms with Crippen molar-refractivity contribution in [3.63, 3.8) is 0 Å². The molecule has 2 unspecified atom stereocenters. The normalized spacial score (nSPS) is 27.8. The number of methoxy groups -OCH3 is 1. The maximum Gasteiger partial charge on any atom is 0.123 e. The zero-order valence-corrected chi connectivity index (χ0v) is 11.4. The standard InChI is InChI=1S/C14H14BrFO/c1-14(12(15)8-5-9-13(14)16)10-6-3-4-7-11(10)17-2/h3-9,12H,1-2H3. The fourth-order valence-corrected chi connectivity index (χ4v) is 2.73. The molecule has 0 saturated carbocycles. The van der Waals surface area contributed by atoms with Gasteiger partial charge in [-0.3, -0.25) is 0 Å². The number of para-hydroxylation sites is 1. The molecule has 1 aromatic rings. The zero-order valence-electron chi connectivity index (χ0n) is 9.78. The summed E-state index contributed by atoms with van der Waals surface area (Å²) in [4.78, 5) is -0.0868. The number of hydrogen-bond donors (Lipinski definition) is 0. The van der Waals surface area contributed by atoms with Gasteiger partial charge in [-0.2, -0.15) is 0 Å². The van der Waals surface area contributed by atoms with Crippen LogP contribution in [0.2, 0.25) is 0 Å². The Morgan fingerprint density at radius 1 is 1.35 bits per heavy atom. The van der Waals surface area contributed by atoms with Crippen molar-refractivity contribution in [2.45, 2.75) is 17.2 Å². The highest BCUT2D eigenvalue weighted by Gasteiger charge is 2.41. The Labute approximate surface area is 109 Å². The summed E-state index contributed by atoms with van der Waals surface area (Å²) in [7, 11) is 1.60. The number of allylic oxidation sites excluding steroid dienone is 4. The third-order valence-corrected chi connectivity index (χ3v) is 4.46. The molecule has 0 radical (unpaired) electrons. The number of alkyl halides is 1. The maximum absolute atomic E-state index is 14.2. The molecular formula is C14H14BrFO. The highest BCUT2D eigenvalue weighted by molar-refractivity contribution is 9.09. The molecule has 2 atom stereocenters. The van der Waals surface area contributed by atoms with Crippen LogP contribution < -0.4 is 4.74 Å². The molecule has 0 N–H and O–H groups in total. The molecule has 1 aliphatic rings. The van der Waals surface area contributed by atoms with Crippen LogP contribution >= 0.6 is 15.9 Å². The van der Waals surface area contributed by atoms with Crippen LogP contribution in [-0.2, 0) is 5.41 Å². The van der Waals surface area contributed by atoms with E-state index in [1.165, 1.54) is 6.08 Å². The smallest absolute Gasteiger partial charge is 0.123 e. The fourth-order valence-electron chi connectivity index (χ4n) is 2.09. The monoisotopic (exact) mass is 296 g/mol. The Morgan fingerprint density at radius 3 is 2.71 bits per heavy atom. The van der Waals surface area contributed by atoms with Crippen LogP contribution in [-0.4, -0.2) is 11.9 Å². The van der Waals surface area contributed by atoms with Crippen molar-refractivity contribution < 1.29 is 9.13 Å². The Morgan fingerprint density at radius 2 is 2.06 bits per heavy atom. The molecule has 17 heavy (non-hydrogen) atoms. The minimum Gasteiger partial charge on any atom is -0.496 e. The predicted molar refractivity (Wildman–Crippen MR) is 71.4 cm³/mol. The van der Waals surface area contributed by atoms with Crippen molar-refractivity contribution in [2.24, 2.45) is 0 Å². The van der Waals surface area contributed by atoms with Crippen molar-refractivity contribution in [3.8, 4) is 5.75 Å². The highest BCUT2D eigenvalue weighted by atomic mass is 79.9. The van der Waals surface area contributed by atoms with E-state index in [1.807, 2.05) is 37.3 Å². The SMILES string of the molecule is COc1ccccc1C1(C)C(F)=CC=CC1Br. The fraction of sp³-hybridized carbons (Fsp3) is 0.286. The topological polar surface area (TPSA) is 9.23 Å². The lowest BCUT2D eigenvalue weighted by atomic mass is 9.75. The van der Waals surface area contributed by atoms with Crippen LogP contribution in [0.15, 0.2) is 48.3 Å². The molecule has 0 heterocycles. The summed E-state index contributed by atoms with van der Waals surface area (Å²) in [5.41, 5.74) is 0.129. The van der Waals surface area contributed by atoms with E-state index < -0.39 is 5.41 Å². The van der Waals surface area contributed by atoms with Gasteiger partial charge in [0.1, 0.15) is 11.6 Å². The van der Waals surface area contributed by atoms with Crippen LogP contribution in [0.25, 0.3) is 0 Å². The third-order valence-electron chi connectivity index (χ3n) is 3.24. The van der Waals surface area contributed by atoms with Gasteiger partial charge in [0.2, 0.25) is 0 Å². The van der Waals surface area contributed by atoms with Gasteiger partial charge >= 0.3 is 0 Å². The number of ether oxygens (including phenoxy) is 1. The van der Waals surface area contributed by atoms with Crippen molar-refractivity contribution >= 4 is 15.9 Å². The van der Waals surface area contributed by atoms with Crippen LogP contribution in [0.1, 0.15) is 12.5 Å². The van der Waals surface area contributed by atoms with Crippen molar-refractivity contribution in [1.29, 1.82) is 0 Å². The van der Waals surface area contributed by atoms with Gasteiger partial charge in [0, 0.05) is 10.4 Å². The number of halogens is 2. The zero-order chi connectivity index (χ0) is 12.5. The summed E-state index contributed by atoms with van der Waals surface area (Å²) >= 11 is 3.53. The van der Waals surface area contributed by atoms with Gasteiger partial charge < -0.3 is 4.74 Å². The molecule has 1 aliphatic carbocycles. The summed E-state index contributed by atoms with van der Waals surface area (Å²) < 4.78 is 19.5. The predicted octanol–water partition coefficient (Wildman–Crippen LogP) is 4.14. The van der Waals surface area contributed by atoms with Crippen LogP contribution in [0.3, 0.4) is 0 Å². The molecule has 0 fully saturated rings. The summed E-state index contributed by atoms with van der Waals surface area (Å²) in [5.74, 6) is 0.546. The molecule has 0 saturated heterocycles. The Hall–Kier alpha value is -1.09. The van der Waals surface area contributed by atoms with Crippen LogP contribution in [0.5, 0.6) is 5.75 Å². The Kier molecular flexibility index (Phi) is 3.38. The van der Waals surface area contributed by atoms with Gasteiger partial charge in [-0.15, -0.1) is 0 Å². The van der Waals surface area contributed by atoms with Gasteiger partial charge in [0.15, 0.2) is 0 Å². The second-order valence-electron chi connectivity index (χ2n) is 4.20. The quantitative estimate of drug-likeness (QED) is 0.745. The lowest BCUT2D eigenvalue weighted by molar-refractivity contribution is 0.379. The molecule has 0 bridgehead atoms. The number of hydrogen-bond acceptors (Lipinski definition) is 1. The summed E-state index contributed by atoms with van der Waals surface area (Å²) in [6.45, 7) is 1.87. The highest BCUT2D eigenvalue weighted by Crippen LogP contribution is 2.45. The summed E-state index contributed by atoms with van der Waals surface area (Å²) in [6, 6.07) is 7.54. The van der Waals surface area contributed by atoms with Crippen LogP contribution in [0.4, 0.5) is 4.39 Å². The lowest BCUT2D eigenvalue weighted by Crippen LogP contribution is -2.34. The molecule has 0 amide bonds. The largest absolute Gasteiger partial charge is 0.496 e. The van der Waals surface area contributed by atoms with E-state index in [1.54, 1.807) is 13.2 Å². The van der Waals surface area contributed by atoms with Gasteiger partial charge in [-0.1, -0.05) is 46.3 Å². The minimum absolute atomic E-state index is 0.0868. The average Bonchev–Trinajstić information content (AvgIpc) is 2.36. The van der Waals surface area contributed by atoms with Gasteiger partial charge in [-0.25, -0.2) is 4.39 Å².